The molecule has 1 unspecified atom stereocenters. The smallest absolute Gasteiger partial charge is 0.144 e. The maximum absolute atomic E-state index is 14.1. The molecule has 2 atom stereocenters. The van der Waals surface area contributed by atoms with Gasteiger partial charge in [-0.1, -0.05) is 6.92 Å². The number of halogens is 1. The lowest BCUT2D eigenvalue weighted by Crippen LogP contribution is -2.46. The summed E-state index contributed by atoms with van der Waals surface area (Å²) in [6.07, 6.45) is 0.921. The minimum atomic E-state index is -0.279. The van der Waals surface area contributed by atoms with Crippen molar-refractivity contribution in [3.05, 3.63) is 23.8 Å². The molecule has 6 nitrogen and oxygen atoms in total. The van der Waals surface area contributed by atoms with Crippen LogP contribution in [0.1, 0.15) is 19.2 Å². The number of nitrogens with two attached hydrogens (primary N) is 1. The molecule has 0 amide bonds. The first-order valence-corrected chi connectivity index (χ1v) is 8.65. The average molecular weight is 342 g/mol. The van der Waals surface area contributed by atoms with Crippen LogP contribution in [0.2, 0.25) is 0 Å². The van der Waals surface area contributed by atoms with Gasteiger partial charge in [0.1, 0.15) is 23.1 Å². The van der Waals surface area contributed by atoms with Gasteiger partial charge >= 0.3 is 0 Å². The molecule has 1 aliphatic rings. The molecule has 1 saturated heterocycles. The van der Waals surface area contributed by atoms with Gasteiger partial charge in [0.15, 0.2) is 0 Å². The summed E-state index contributed by atoms with van der Waals surface area (Å²) < 4.78 is 14.1. The highest BCUT2D eigenvalue weighted by Gasteiger charge is 2.27. The summed E-state index contributed by atoms with van der Waals surface area (Å²) in [6, 6.07) is 3.25. The fourth-order valence-electron chi connectivity index (χ4n) is 3.74. The van der Waals surface area contributed by atoms with Crippen molar-refractivity contribution in [1.29, 1.82) is 0 Å². The molecule has 4 rings (SSSR count). The van der Waals surface area contributed by atoms with Gasteiger partial charge in [0, 0.05) is 31.6 Å². The van der Waals surface area contributed by atoms with Gasteiger partial charge in [0.25, 0.3) is 0 Å². The molecule has 0 spiro atoms. The van der Waals surface area contributed by atoms with Crippen LogP contribution in [0.3, 0.4) is 0 Å². The van der Waals surface area contributed by atoms with Gasteiger partial charge in [0.05, 0.1) is 16.6 Å². The number of fused-ring (bicyclic) bond motifs is 3. The Balaban J connectivity index is 1.97. The minimum absolute atomic E-state index is 0.214. The van der Waals surface area contributed by atoms with Crippen LogP contribution < -0.4 is 16.0 Å². The Bertz CT molecular complexity index is 950. The molecule has 0 radical (unpaired) electrons. The van der Waals surface area contributed by atoms with Crippen molar-refractivity contribution in [3.63, 3.8) is 0 Å². The number of nitrogens with zero attached hydrogens (tertiary/aromatic N) is 3. The van der Waals surface area contributed by atoms with E-state index >= 15 is 0 Å². The highest BCUT2D eigenvalue weighted by Crippen LogP contribution is 2.36. The number of hydrogen-bond donors (Lipinski definition) is 3. The number of anilines is 2. The normalized spacial score (nSPS) is 21.2. The third-order valence-electron chi connectivity index (χ3n) is 5.16. The Kier molecular flexibility index (Phi) is 3.76. The Morgan fingerprint density at radius 1 is 1.36 bits per heavy atom. The first-order chi connectivity index (χ1) is 12.0. The van der Waals surface area contributed by atoms with E-state index in [0.29, 0.717) is 17.4 Å². The number of rotatable bonds is 2. The summed E-state index contributed by atoms with van der Waals surface area (Å²) in [5.41, 5.74) is 8.47. The van der Waals surface area contributed by atoms with Crippen molar-refractivity contribution in [2.75, 3.05) is 30.4 Å². The lowest BCUT2D eigenvalue weighted by atomic mass is 9.94. The van der Waals surface area contributed by atoms with E-state index in [1.807, 2.05) is 6.92 Å². The third-order valence-corrected chi connectivity index (χ3v) is 5.16. The van der Waals surface area contributed by atoms with Gasteiger partial charge in [-0.15, -0.1) is 0 Å². The molecule has 1 fully saturated rings. The lowest BCUT2D eigenvalue weighted by molar-refractivity contribution is 0.382. The van der Waals surface area contributed by atoms with Crippen LogP contribution >= 0.6 is 0 Å². The molecule has 1 aromatic carbocycles. The van der Waals surface area contributed by atoms with Crippen LogP contribution in [0.15, 0.2) is 12.1 Å². The predicted octanol–water partition coefficient (Wildman–Crippen LogP) is 2.77. The topological polar surface area (TPSA) is 82.9 Å². The lowest BCUT2D eigenvalue weighted by Gasteiger charge is -2.36. The number of aryl methyl sites for hydroxylation is 1. The molecule has 132 valence electrons. The summed E-state index contributed by atoms with van der Waals surface area (Å²) in [5.74, 6) is 1.66. The van der Waals surface area contributed by atoms with Crippen molar-refractivity contribution < 1.29 is 4.39 Å². The zero-order chi connectivity index (χ0) is 17.7. The molecule has 7 heteroatoms. The predicted molar refractivity (Wildman–Crippen MR) is 99.6 cm³/mol. The van der Waals surface area contributed by atoms with Gasteiger partial charge in [-0.2, -0.15) is 0 Å². The SMILES string of the molecule is CNc1cc(F)cc2c1[nH]c1nc(C)nc(N3CCC(N)[C@H](C)C3)c12. The number of benzene rings is 1. The first-order valence-electron chi connectivity index (χ1n) is 8.65. The number of hydrogen-bond acceptors (Lipinski definition) is 5. The van der Waals surface area contributed by atoms with E-state index in [0.717, 1.165) is 47.3 Å². The van der Waals surface area contributed by atoms with Crippen LogP contribution in [-0.2, 0) is 0 Å². The number of nitrogens with one attached hydrogen (secondary N) is 2. The second-order valence-electron chi connectivity index (χ2n) is 6.94. The van der Waals surface area contributed by atoms with Crippen molar-refractivity contribution >= 4 is 33.4 Å². The molecule has 0 saturated carbocycles. The number of H-pyrrole nitrogens is 1. The van der Waals surface area contributed by atoms with Crippen molar-refractivity contribution in [2.45, 2.75) is 26.3 Å². The monoisotopic (exact) mass is 342 g/mol. The molecular formula is C18H23FN6. The fraction of sp³-hybridized carbons (Fsp3) is 0.444. The van der Waals surface area contributed by atoms with Crippen LogP contribution in [0, 0.1) is 18.7 Å². The van der Waals surface area contributed by atoms with Crippen LogP contribution in [0.4, 0.5) is 15.9 Å². The zero-order valence-corrected chi connectivity index (χ0v) is 14.7. The standard InChI is InChI=1S/C18H23FN6/c1-9-8-25(5-4-13(9)20)18-15-12-6-11(19)7-14(21-3)16(12)24-17(15)22-10(2)23-18/h6-7,9,13,21H,4-5,8,20H2,1-3H3,(H,22,23,24)/t9-,13?/m1/s1. The average Bonchev–Trinajstić information content (AvgIpc) is 2.93. The highest BCUT2D eigenvalue weighted by molar-refractivity contribution is 6.14. The van der Waals surface area contributed by atoms with Crippen LogP contribution in [0.5, 0.6) is 0 Å². The van der Waals surface area contributed by atoms with E-state index in [9.17, 15) is 4.39 Å². The maximum Gasteiger partial charge on any atom is 0.144 e. The molecule has 3 heterocycles. The second-order valence-corrected chi connectivity index (χ2v) is 6.94. The fourth-order valence-corrected chi connectivity index (χ4v) is 3.74. The van der Waals surface area contributed by atoms with E-state index in [4.69, 9.17) is 10.7 Å². The molecule has 25 heavy (non-hydrogen) atoms. The Morgan fingerprint density at radius 2 is 2.16 bits per heavy atom. The number of piperidine rings is 1. The Labute approximate surface area is 145 Å². The zero-order valence-electron chi connectivity index (χ0n) is 14.7. The summed E-state index contributed by atoms with van der Waals surface area (Å²) in [6.45, 7) is 5.73. The Hall–Kier alpha value is -2.41. The molecule has 1 aliphatic heterocycles. The largest absolute Gasteiger partial charge is 0.386 e. The molecule has 2 aromatic heterocycles. The minimum Gasteiger partial charge on any atom is -0.386 e. The van der Waals surface area contributed by atoms with E-state index in [2.05, 4.69) is 27.1 Å². The van der Waals surface area contributed by atoms with Crippen molar-refractivity contribution in [1.82, 2.24) is 15.0 Å². The summed E-state index contributed by atoms with van der Waals surface area (Å²) in [7, 11) is 1.78. The van der Waals surface area contributed by atoms with Gasteiger partial charge in [0.2, 0.25) is 0 Å². The van der Waals surface area contributed by atoms with Gasteiger partial charge in [-0.05, 0) is 31.4 Å². The summed E-state index contributed by atoms with van der Waals surface area (Å²) in [5, 5.41) is 4.73. The number of aromatic amines is 1. The molecule has 0 aliphatic carbocycles. The summed E-state index contributed by atoms with van der Waals surface area (Å²) in [4.78, 5) is 14.8. The first kappa shape index (κ1) is 16.1. The molecule has 4 N–H and O–H groups in total. The quantitative estimate of drug-likeness (QED) is 0.667. The molecule has 0 bridgehead atoms. The van der Waals surface area contributed by atoms with Gasteiger partial charge in [-0.3, -0.25) is 0 Å². The van der Waals surface area contributed by atoms with Gasteiger partial charge < -0.3 is 20.9 Å². The molecular weight excluding hydrogens is 319 g/mol. The van der Waals surface area contributed by atoms with E-state index in [-0.39, 0.29) is 11.9 Å². The molecule has 3 aromatic rings. The van der Waals surface area contributed by atoms with Crippen LogP contribution in [0.25, 0.3) is 21.9 Å². The van der Waals surface area contributed by atoms with Crippen LogP contribution in [-0.4, -0.2) is 41.1 Å². The highest BCUT2D eigenvalue weighted by atomic mass is 19.1. The van der Waals surface area contributed by atoms with E-state index < -0.39 is 0 Å². The summed E-state index contributed by atoms with van der Waals surface area (Å²) >= 11 is 0. The van der Waals surface area contributed by atoms with Gasteiger partial charge in [-0.25, -0.2) is 14.4 Å². The van der Waals surface area contributed by atoms with Crippen molar-refractivity contribution in [3.8, 4) is 0 Å². The maximum atomic E-state index is 14.1. The van der Waals surface area contributed by atoms with E-state index in [1.165, 1.54) is 6.07 Å². The second kappa shape index (κ2) is 5.84. The van der Waals surface area contributed by atoms with E-state index in [1.54, 1.807) is 13.1 Å². The van der Waals surface area contributed by atoms with Crippen molar-refractivity contribution in [2.24, 2.45) is 11.7 Å². The number of aromatic nitrogens is 3. The Morgan fingerprint density at radius 3 is 2.88 bits per heavy atom. The third kappa shape index (κ3) is 2.59.